The second-order valence-corrected chi connectivity index (χ2v) is 3.85. The second kappa shape index (κ2) is 5.14. The molecule has 0 atom stereocenters. The maximum Gasteiger partial charge on any atom is 0.128 e. The zero-order valence-corrected chi connectivity index (χ0v) is 9.91. The fourth-order valence-corrected chi connectivity index (χ4v) is 1.79. The van der Waals surface area contributed by atoms with E-state index in [-0.39, 0.29) is 6.54 Å². The van der Waals surface area contributed by atoms with Crippen LogP contribution in [-0.2, 0) is 6.54 Å². The summed E-state index contributed by atoms with van der Waals surface area (Å²) >= 11 is 0. The van der Waals surface area contributed by atoms with Gasteiger partial charge in [0.25, 0.3) is 0 Å². The molecule has 0 radical (unpaired) electrons. The summed E-state index contributed by atoms with van der Waals surface area (Å²) in [7, 11) is 1.49. The van der Waals surface area contributed by atoms with Gasteiger partial charge in [0.1, 0.15) is 17.4 Å². The number of ether oxygens (including phenoxy) is 1. The van der Waals surface area contributed by atoms with E-state index >= 15 is 0 Å². The highest BCUT2D eigenvalue weighted by molar-refractivity contribution is 5.70. The molecule has 0 saturated heterocycles. The van der Waals surface area contributed by atoms with E-state index in [0.717, 1.165) is 0 Å². The maximum absolute atomic E-state index is 13.7. The van der Waals surface area contributed by atoms with Crippen molar-refractivity contribution in [3.63, 3.8) is 0 Å². The van der Waals surface area contributed by atoms with Crippen LogP contribution >= 0.6 is 0 Å². The highest BCUT2D eigenvalue weighted by Crippen LogP contribution is 2.31. The second-order valence-electron chi connectivity index (χ2n) is 3.85. The van der Waals surface area contributed by atoms with Crippen molar-refractivity contribution in [2.24, 2.45) is 5.73 Å². The van der Waals surface area contributed by atoms with Crippen LogP contribution in [0.2, 0.25) is 0 Å². The topological polar surface area (TPSA) is 35.2 Å². The van der Waals surface area contributed by atoms with E-state index < -0.39 is 11.6 Å². The molecule has 4 heteroatoms. The molecule has 0 aromatic heterocycles. The van der Waals surface area contributed by atoms with Gasteiger partial charge in [-0.1, -0.05) is 12.1 Å². The molecule has 0 aliphatic rings. The van der Waals surface area contributed by atoms with Gasteiger partial charge in [-0.3, -0.25) is 0 Å². The number of benzene rings is 2. The third-order valence-electron chi connectivity index (χ3n) is 2.75. The molecule has 18 heavy (non-hydrogen) atoms. The number of nitrogens with two attached hydrogens (primary N) is 1. The van der Waals surface area contributed by atoms with Crippen molar-refractivity contribution < 1.29 is 13.5 Å². The molecule has 0 aliphatic heterocycles. The quantitative estimate of drug-likeness (QED) is 0.907. The van der Waals surface area contributed by atoms with Gasteiger partial charge in [-0.15, -0.1) is 0 Å². The lowest BCUT2D eigenvalue weighted by Gasteiger charge is -2.10. The lowest BCUT2D eigenvalue weighted by Crippen LogP contribution is -1.99. The summed E-state index contributed by atoms with van der Waals surface area (Å²) in [6.07, 6.45) is 0. The molecule has 2 rings (SSSR count). The van der Waals surface area contributed by atoms with Crippen LogP contribution in [0.1, 0.15) is 5.56 Å². The van der Waals surface area contributed by atoms with Gasteiger partial charge >= 0.3 is 0 Å². The summed E-state index contributed by atoms with van der Waals surface area (Å²) < 4.78 is 32.0. The van der Waals surface area contributed by atoms with Crippen LogP contribution in [0.25, 0.3) is 11.1 Å². The van der Waals surface area contributed by atoms with Crippen molar-refractivity contribution in [3.8, 4) is 16.9 Å². The molecule has 94 valence electrons. The molecule has 0 fully saturated rings. The number of hydrogen-bond donors (Lipinski definition) is 1. The van der Waals surface area contributed by atoms with E-state index in [4.69, 9.17) is 10.5 Å². The van der Waals surface area contributed by atoms with E-state index in [9.17, 15) is 8.78 Å². The van der Waals surface area contributed by atoms with Crippen LogP contribution in [0.5, 0.6) is 5.75 Å². The summed E-state index contributed by atoms with van der Waals surface area (Å²) in [6, 6.07) is 8.75. The van der Waals surface area contributed by atoms with Crippen LogP contribution in [0.3, 0.4) is 0 Å². The smallest absolute Gasteiger partial charge is 0.128 e. The van der Waals surface area contributed by atoms with E-state index in [2.05, 4.69) is 0 Å². The van der Waals surface area contributed by atoms with Crippen LogP contribution in [0, 0.1) is 11.6 Å². The zero-order chi connectivity index (χ0) is 13.1. The first kappa shape index (κ1) is 12.5. The molecular formula is C14H13F2NO. The normalized spacial score (nSPS) is 10.4. The van der Waals surface area contributed by atoms with Gasteiger partial charge in [-0.25, -0.2) is 8.78 Å². The first-order chi connectivity index (χ1) is 8.65. The summed E-state index contributed by atoms with van der Waals surface area (Å²) in [5.74, 6) is -0.299. The van der Waals surface area contributed by atoms with Gasteiger partial charge in [0, 0.05) is 17.7 Å². The number of methoxy groups -OCH3 is 1. The zero-order valence-electron chi connectivity index (χ0n) is 9.91. The minimum Gasteiger partial charge on any atom is -0.496 e. The number of halogens is 2. The van der Waals surface area contributed by atoms with Crippen molar-refractivity contribution in [2.45, 2.75) is 6.54 Å². The van der Waals surface area contributed by atoms with Gasteiger partial charge in [0.2, 0.25) is 0 Å². The van der Waals surface area contributed by atoms with Crippen molar-refractivity contribution in [1.29, 1.82) is 0 Å². The average Bonchev–Trinajstić information content (AvgIpc) is 2.38. The van der Waals surface area contributed by atoms with Gasteiger partial charge in [0.05, 0.1) is 7.11 Å². The summed E-state index contributed by atoms with van der Waals surface area (Å²) in [6.45, 7) is 0.131. The molecule has 0 amide bonds. The summed E-state index contributed by atoms with van der Waals surface area (Å²) in [5, 5.41) is 0. The highest BCUT2D eigenvalue weighted by atomic mass is 19.1. The van der Waals surface area contributed by atoms with E-state index in [1.165, 1.54) is 31.4 Å². The largest absolute Gasteiger partial charge is 0.496 e. The Balaban J connectivity index is 2.54. The molecule has 0 bridgehead atoms. The third-order valence-corrected chi connectivity index (χ3v) is 2.75. The van der Waals surface area contributed by atoms with E-state index in [1.807, 2.05) is 0 Å². The lowest BCUT2D eigenvalue weighted by molar-refractivity contribution is 0.415. The Bertz CT molecular complexity index is 570. The average molecular weight is 249 g/mol. The SMILES string of the molecule is COc1ccc(F)cc1-c1ccc(CN)c(F)c1. The highest BCUT2D eigenvalue weighted by Gasteiger charge is 2.09. The summed E-state index contributed by atoms with van der Waals surface area (Å²) in [5.41, 5.74) is 6.89. The first-order valence-corrected chi connectivity index (χ1v) is 5.48. The first-order valence-electron chi connectivity index (χ1n) is 5.48. The van der Waals surface area contributed by atoms with E-state index in [0.29, 0.717) is 22.4 Å². The Hall–Kier alpha value is -1.94. The molecule has 0 unspecified atom stereocenters. The van der Waals surface area contributed by atoms with Crippen molar-refractivity contribution in [1.82, 2.24) is 0 Å². The predicted octanol–water partition coefficient (Wildman–Crippen LogP) is 3.10. The van der Waals surface area contributed by atoms with Crippen molar-refractivity contribution >= 4 is 0 Å². The van der Waals surface area contributed by atoms with Crippen molar-refractivity contribution in [2.75, 3.05) is 7.11 Å². The lowest BCUT2D eigenvalue weighted by atomic mass is 10.0. The Morgan fingerprint density at radius 1 is 1.11 bits per heavy atom. The maximum atomic E-state index is 13.7. The molecule has 2 N–H and O–H groups in total. The fourth-order valence-electron chi connectivity index (χ4n) is 1.79. The summed E-state index contributed by atoms with van der Waals surface area (Å²) in [4.78, 5) is 0. The standard InChI is InChI=1S/C14H13F2NO/c1-18-14-5-4-11(15)7-12(14)9-2-3-10(8-17)13(16)6-9/h2-7H,8,17H2,1H3. The third kappa shape index (κ3) is 2.33. The Morgan fingerprint density at radius 2 is 1.89 bits per heavy atom. The molecule has 0 aliphatic carbocycles. The van der Waals surface area contributed by atoms with Crippen molar-refractivity contribution in [3.05, 3.63) is 53.6 Å². The van der Waals surface area contributed by atoms with Gasteiger partial charge in [0.15, 0.2) is 0 Å². The predicted molar refractivity (Wildman–Crippen MR) is 66.2 cm³/mol. The van der Waals surface area contributed by atoms with Crippen LogP contribution in [0.15, 0.2) is 36.4 Å². The Morgan fingerprint density at radius 3 is 2.50 bits per heavy atom. The van der Waals surface area contributed by atoms with Crippen LogP contribution in [0.4, 0.5) is 8.78 Å². The van der Waals surface area contributed by atoms with E-state index in [1.54, 1.807) is 12.1 Å². The molecule has 0 saturated carbocycles. The monoisotopic (exact) mass is 249 g/mol. The van der Waals surface area contributed by atoms with Gasteiger partial charge < -0.3 is 10.5 Å². The Kier molecular flexibility index (Phi) is 3.58. The molecule has 2 aromatic rings. The van der Waals surface area contributed by atoms with Gasteiger partial charge in [-0.05, 0) is 29.8 Å². The Labute approximate surface area is 104 Å². The number of hydrogen-bond acceptors (Lipinski definition) is 2. The van der Waals surface area contributed by atoms with Crippen LogP contribution < -0.4 is 10.5 Å². The minimum absolute atomic E-state index is 0.131. The molecular weight excluding hydrogens is 236 g/mol. The van der Waals surface area contributed by atoms with Gasteiger partial charge in [-0.2, -0.15) is 0 Å². The number of rotatable bonds is 3. The fraction of sp³-hybridized carbons (Fsp3) is 0.143. The molecule has 2 aromatic carbocycles. The molecule has 0 heterocycles. The molecule has 0 spiro atoms. The minimum atomic E-state index is -0.402. The molecule has 2 nitrogen and oxygen atoms in total. The van der Waals surface area contributed by atoms with Crippen LogP contribution in [-0.4, -0.2) is 7.11 Å².